The molecule has 0 aliphatic carbocycles. The van der Waals surface area contributed by atoms with Crippen molar-refractivity contribution >= 4 is 5.96 Å². The van der Waals surface area contributed by atoms with Gasteiger partial charge in [-0.25, -0.2) is 0 Å². The number of nitrogens with zero attached hydrogens (tertiary/aromatic N) is 1. The van der Waals surface area contributed by atoms with E-state index in [0.29, 0.717) is 0 Å². The van der Waals surface area contributed by atoms with Crippen LogP contribution in [0.15, 0.2) is 16.6 Å². The predicted molar refractivity (Wildman–Crippen MR) is 76.3 cm³/mol. The van der Waals surface area contributed by atoms with E-state index < -0.39 is 0 Å². The Morgan fingerprint density at radius 1 is 1.18 bits per heavy atom. The van der Waals surface area contributed by atoms with Crippen LogP contribution in [-0.4, -0.2) is 32.6 Å². The maximum Gasteiger partial charge on any atom is 0.191 e. The van der Waals surface area contributed by atoms with Crippen LogP contribution in [0.5, 0.6) is 0 Å². The lowest BCUT2D eigenvalue weighted by atomic mass is 10.2. The second-order valence-electron chi connectivity index (χ2n) is 4.35. The van der Waals surface area contributed by atoms with Gasteiger partial charge < -0.3 is 16.4 Å². The second kappa shape index (κ2) is 11.5. The van der Waals surface area contributed by atoms with Crippen molar-refractivity contribution in [1.82, 2.24) is 10.6 Å². The minimum Gasteiger partial charge on any atom is -0.359 e. The summed E-state index contributed by atoms with van der Waals surface area (Å²) in [7, 11) is 1.89. The molecule has 4 N–H and O–H groups in total. The van der Waals surface area contributed by atoms with E-state index >= 15 is 0 Å². The van der Waals surface area contributed by atoms with E-state index in [1.54, 1.807) is 0 Å². The van der Waals surface area contributed by atoms with Crippen molar-refractivity contribution in [1.29, 1.82) is 0 Å². The molecule has 4 nitrogen and oxygen atoms in total. The van der Waals surface area contributed by atoms with Crippen molar-refractivity contribution in [2.24, 2.45) is 10.7 Å². The summed E-state index contributed by atoms with van der Waals surface area (Å²) in [6, 6.07) is 0. The van der Waals surface area contributed by atoms with Gasteiger partial charge in [-0.2, -0.15) is 0 Å². The third-order valence-electron chi connectivity index (χ3n) is 2.40. The highest BCUT2D eigenvalue weighted by Gasteiger charge is 1.93. The van der Waals surface area contributed by atoms with Gasteiger partial charge in [0.25, 0.3) is 0 Å². The first-order valence-corrected chi connectivity index (χ1v) is 6.50. The molecule has 17 heavy (non-hydrogen) atoms. The number of aliphatic imine (C=N–C) groups is 1. The molecule has 4 heteroatoms. The fourth-order valence-corrected chi connectivity index (χ4v) is 1.38. The van der Waals surface area contributed by atoms with Crippen LogP contribution in [0.4, 0.5) is 0 Å². The van der Waals surface area contributed by atoms with Crippen LogP contribution in [-0.2, 0) is 0 Å². The molecule has 0 aromatic rings. The summed E-state index contributed by atoms with van der Waals surface area (Å²) in [6.07, 6.45) is 6.84. The zero-order valence-electron chi connectivity index (χ0n) is 11.6. The van der Waals surface area contributed by atoms with Gasteiger partial charge in [0.1, 0.15) is 0 Å². The lowest BCUT2D eigenvalue weighted by molar-refractivity contribution is 0.651. The minimum absolute atomic E-state index is 0.801. The molecule has 0 saturated carbocycles. The van der Waals surface area contributed by atoms with Gasteiger partial charge in [0, 0.05) is 20.1 Å². The minimum atomic E-state index is 0.801. The summed E-state index contributed by atoms with van der Waals surface area (Å²) in [5, 5.41) is 6.31. The number of rotatable bonds is 8. The Balaban J connectivity index is 3.66. The second-order valence-corrected chi connectivity index (χ2v) is 4.35. The van der Waals surface area contributed by atoms with E-state index in [2.05, 4.69) is 35.5 Å². The van der Waals surface area contributed by atoms with Crippen LogP contribution in [0.1, 0.15) is 39.5 Å². The Morgan fingerprint density at radius 2 is 1.88 bits per heavy atom. The number of hydrogen-bond donors (Lipinski definition) is 3. The van der Waals surface area contributed by atoms with Gasteiger partial charge in [-0.05, 0) is 33.2 Å². The zero-order chi connectivity index (χ0) is 12.9. The quantitative estimate of drug-likeness (QED) is 0.261. The summed E-state index contributed by atoms with van der Waals surface area (Å²) in [5.74, 6) is 0.876. The molecule has 0 atom stereocenters. The summed E-state index contributed by atoms with van der Waals surface area (Å²) in [4.78, 5) is 4.47. The van der Waals surface area contributed by atoms with Gasteiger partial charge in [0.2, 0.25) is 0 Å². The number of nitrogens with one attached hydrogen (secondary N) is 2. The first kappa shape index (κ1) is 16.0. The van der Waals surface area contributed by atoms with Crippen molar-refractivity contribution in [3.63, 3.8) is 0 Å². The van der Waals surface area contributed by atoms with Crippen LogP contribution in [0.2, 0.25) is 0 Å². The maximum atomic E-state index is 5.44. The Morgan fingerprint density at radius 3 is 2.47 bits per heavy atom. The molecule has 0 spiro atoms. The molecular formula is C13H28N4. The highest BCUT2D eigenvalue weighted by atomic mass is 15.2. The Hall–Kier alpha value is -1.03. The Bertz CT molecular complexity index is 230. The molecule has 0 aromatic heterocycles. The lowest BCUT2D eigenvalue weighted by Gasteiger charge is -2.07. The van der Waals surface area contributed by atoms with Crippen LogP contribution < -0.4 is 16.4 Å². The molecule has 0 amide bonds. The van der Waals surface area contributed by atoms with E-state index in [4.69, 9.17) is 5.73 Å². The molecule has 0 saturated heterocycles. The van der Waals surface area contributed by atoms with Crippen LogP contribution in [0, 0.1) is 0 Å². The standard InChI is InChI=1S/C13H28N4/c1-12(2)8-11-17-13(15-3)16-10-7-5-4-6-9-14/h8H,4-7,9-11,14H2,1-3H3,(H2,15,16,17). The fourth-order valence-electron chi connectivity index (χ4n) is 1.38. The van der Waals surface area contributed by atoms with Crippen LogP contribution >= 0.6 is 0 Å². The van der Waals surface area contributed by atoms with E-state index in [9.17, 15) is 0 Å². The summed E-state index contributed by atoms with van der Waals surface area (Å²) in [6.45, 7) is 6.69. The molecule has 0 bridgehead atoms. The van der Waals surface area contributed by atoms with Crippen molar-refractivity contribution in [2.75, 3.05) is 26.7 Å². The van der Waals surface area contributed by atoms with Crippen LogP contribution in [0.25, 0.3) is 0 Å². The third kappa shape index (κ3) is 11.2. The SMILES string of the molecule is CNC(=NCCCCCCN)NCC=C(C)C. The molecule has 0 aliphatic rings. The molecule has 0 aromatic carbocycles. The van der Waals surface area contributed by atoms with Gasteiger partial charge in [0.05, 0.1) is 0 Å². The van der Waals surface area contributed by atoms with E-state index in [0.717, 1.165) is 38.4 Å². The van der Waals surface area contributed by atoms with Crippen LogP contribution in [0.3, 0.4) is 0 Å². The normalized spacial score (nSPS) is 11.2. The first-order chi connectivity index (χ1) is 8.20. The lowest BCUT2D eigenvalue weighted by Crippen LogP contribution is -2.35. The molecule has 100 valence electrons. The first-order valence-electron chi connectivity index (χ1n) is 6.50. The van der Waals surface area contributed by atoms with E-state index in [1.165, 1.54) is 18.4 Å². The van der Waals surface area contributed by atoms with Crippen molar-refractivity contribution in [3.05, 3.63) is 11.6 Å². The molecule has 0 heterocycles. The smallest absolute Gasteiger partial charge is 0.191 e. The number of allylic oxidation sites excluding steroid dienone is 1. The predicted octanol–water partition coefficient (Wildman–Crippen LogP) is 1.64. The average Bonchev–Trinajstić information content (AvgIpc) is 2.30. The van der Waals surface area contributed by atoms with Gasteiger partial charge in [-0.15, -0.1) is 0 Å². The number of nitrogens with two attached hydrogens (primary N) is 1. The number of unbranched alkanes of at least 4 members (excludes halogenated alkanes) is 3. The van der Waals surface area contributed by atoms with Crippen molar-refractivity contribution in [3.8, 4) is 0 Å². The number of guanidine groups is 1. The molecule has 0 aliphatic heterocycles. The largest absolute Gasteiger partial charge is 0.359 e. The molecule has 0 unspecified atom stereocenters. The topological polar surface area (TPSA) is 62.4 Å². The average molecular weight is 240 g/mol. The molecule has 0 fully saturated rings. The highest BCUT2D eigenvalue weighted by molar-refractivity contribution is 5.79. The van der Waals surface area contributed by atoms with Gasteiger partial charge >= 0.3 is 0 Å². The van der Waals surface area contributed by atoms with Gasteiger partial charge in [0.15, 0.2) is 5.96 Å². The van der Waals surface area contributed by atoms with Gasteiger partial charge in [-0.1, -0.05) is 24.5 Å². The van der Waals surface area contributed by atoms with E-state index in [1.807, 2.05) is 7.05 Å². The summed E-state index contributed by atoms with van der Waals surface area (Å²) in [5.41, 5.74) is 6.75. The van der Waals surface area contributed by atoms with Crippen molar-refractivity contribution in [2.45, 2.75) is 39.5 Å². The molecule has 0 radical (unpaired) electrons. The Kier molecular flexibility index (Phi) is 10.8. The Labute approximate surface area is 106 Å². The maximum absolute atomic E-state index is 5.44. The highest BCUT2D eigenvalue weighted by Crippen LogP contribution is 1.98. The number of hydrogen-bond acceptors (Lipinski definition) is 2. The van der Waals surface area contributed by atoms with Crippen molar-refractivity contribution < 1.29 is 0 Å². The summed E-state index contributed by atoms with van der Waals surface area (Å²) >= 11 is 0. The van der Waals surface area contributed by atoms with Gasteiger partial charge in [-0.3, -0.25) is 4.99 Å². The fraction of sp³-hybridized carbons (Fsp3) is 0.769. The molecule has 0 rings (SSSR count). The summed E-state index contributed by atoms with van der Waals surface area (Å²) < 4.78 is 0. The van der Waals surface area contributed by atoms with E-state index in [-0.39, 0.29) is 0 Å². The third-order valence-corrected chi connectivity index (χ3v) is 2.40. The molecular weight excluding hydrogens is 212 g/mol. The monoisotopic (exact) mass is 240 g/mol. The zero-order valence-corrected chi connectivity index (χ0v) is 11.6.